The summed E-state index contributed by atoms with van der Waals surface area (Å²) >= 11 is 0. The number of aryl methyl sites for hydroxylation is 1. The molecule has 9 heteroatoms. The topological polar surface area (TPSA) is 77.0 Å². The second-order valence-corrected chi connectivity index (χ2v) is 9.69. The van der Waals surface area contributed by atoms with Gasteiger partial charge in [0.25, 0.3) is 0 Å². The monoisotopic (exact) mass is 551 g/mol. The lowest BCUT2D eigenvalue weighted by atomic mass is 10.1. The first-order valence-electron chi connectivity index (χ1n) is 10.5. The number of rotatable bonds is 9. The van der Waals surface area contributed by atoms with E-state index < -0.39 is 9.84 Å². The molecule has 1 aromatic rings. The van der Waals surface area contributed by atoms with Gasteiger partial charge in [0.2, 0.25) is 0 Å². The van der Waals surface area contributed by atoms with Gasteiger partial charge >= 0.3 is 0 Å². The second-order valence-electron chi connectivity index (χ2n) is 7.71. The van der Waals surface area contributed by atoms with Crippen LogP contribution in [0.15, 0.2) is 28.1 Å². The molecule has 0 amide bonds. The molecule has 1 aromatic carbocycles. The van der Waals surface area contributed by atoms with Crippen LogP contribution >= 0.6 is 24.0 Å². The van der Waals surface area contributed by atoms with Crippen molar-refractivity contribution in [3.05, 3.63) is 29.3 Å². The third-order valence-electron chi connectivity index (χ3n) is 5.43. The van der Waals surface area contributed by atoms with Crippen molar-refractivity contribution in [1.29, 1.82) is 0 Å². The largest absolute Gasteiger partial charge is 0.356 e. The van der Waals surface area contributed by atoms with Crippen LogP contribution in [0, 0.1) is 6.92 Å². The fourth-order valence-electron chi connectivity index (χ4n) is 3.64. The lowest BCUT2D eigenvalue weighted by Gasteiger charge is -2.34. The van der Waals surface area contributed by atoms with Gasteiger partial charge in [0.1, 0.15) is 0 Å². The Kier molecular flexibility index (Phi) is 12.2. The molecule has 1 saturated heterocycles. The molecule has 30 heavy (non-hydrogen) atoms. The molecule has 0 atom stereocenters. The van der Waals surface area contributed by atoms with Gasteiger partial charge in [-0.3, -0.25) is 4.99 Å². The summed E-state index contributed by atoms with van der Waals surface area (Å²) in [4.78, 5) is 9.72. The Bertz CT molecular complexity index is 778. The minimum absolute atomic E-state index is 0. The molecule has 1 aliphatic rings. The van der Waals surface area contributed by atoms with Crippen molar-refractivity contribution >= 4 is 39.8 Å². The Labute approximate surface area is 199 Å². The summed E-state index contributed by atoms with van der Waals surface area (Å²) in [5, 5.41) is 6.66. The minimum atomic E-state index is -3.18. The number of hydrogen-bond acceptors (Lipinski definition) is 5. The number of aliphatic imine (C=N–C) groups is 1. The Hall–Kier alpha value is -0.910. The molecule has 0 unspecified atom stereocenters. The number of piperazine rings is 1. The fraction of sp³-hybridized carbons (Fsp3) is 0.667. The van der Waals surface area contributed by atoms with Crippen LogP contribution in [0.4, 0.5) is 0 Å². The highest BCUT2D eigenvalue weighted by Gasteiger charge is 2.14. The third kappa shape index (κ3) is 9.07. The molecular formula is C21H38IN5O2S. The van der Waals surface area contributed by atoms with Crippen LogP contribution in [0.5, 0.6) is 0 Å². The van der Waals surface area contributed by atoms with E-state index in [-0.39, 0.29) is 24.0 Å². The highest BCUT2D eigenvalue weighted by Crippen LogP contribution is 2.16. The van der Waals surface area contributed by atoms with Gasteiger partial charge in [-0.05, 0) is 50.0 Å². The van der Waals surface area contributed by atoms with E-state index in [0.29, 0.717) is 11.4 Å². The third-order valence-corrected chi connectivity index (χ3v) is 6.69. The van der Waals surface area contributed by atoms with Crippen LogP contribution < -0.4 is 10.6 Å². The molecule has 0 radical (unpaired) electrons. The van der Waals surface area contributed by atoms with Crippen LogP contribution in [0.25, 0.3) is 0 Å². The van der Waals surface area contributed by atoms with Crippen LogP contribution in [-0.2, 0) is 16.4 Å². The minimum Gasteiger partial charge on any atom is -0.356 e. The average molecular weight is 552 g/mol. The Morgan fingerprint density at radius 1 is 1.10 bits per heavy atom. The number of likely N-dealkylation sites (N-methyl/N-ethyl adjacent to an activating group) is 1. The summed E-state index contributed by atoms with van der Waals surface area (Å²) in [7, 11) is -1.41. The highest BCUT2D eigenvalue weighted by atomic mass is 127. The van der Waals surface area contributed by atoms with Gasteiger partial charge in [-0.25, -0.2) is 8.42 Å². The molecule has 1 fully saturated rings. The van der Waals surface area contributed by atoms with Gasteiger partial charge in [-0.1, -0.05) is 19.1 Å². The van der Waals surface area contributed by atoms with Gasteiger partial charge < -0.3 is 20.4 Å². The molecule has 172 valence electrons. The summed E-state index contributed by atoms with van der Waals surface area (Å²) in [6.45, 7) is 12.6. The fourth-order valence-corrected chi connectivity index (χ4v) is 4.60. The van der Waals surface area contributed by atoms with Crippen molar-refractivity contribution in [3.8, 4) is 0 Å². The van der Waals surface area contributed by atoms with Crippen molar-refractivity contribution in [2.45, 2.75) is 38.1 Å². The van der Waals surface area contributed by atoms with Crippen molar-refractivity contribution in [1.82, 2.24) is 20.4 Å². The SMILES string of the molecule is CCN1CCN(CCCCNC(=NC)NCc2ccc(S(C)(=O)=O)c(C)c2)CC1.I. The first-order valence-corrected chi connectivity index (χ1v) is 12.4. The zero-order valence-corrected chi connectivity index (χ0v) is 21.9. The van der Waals surface area contributed by atoms with Gasteiger partial charge in [-0.15, -0.1) is 24.0 Å². The predicted molar refractivity (Wildman–Crippen MR) is 136 cm³/mol. The van der Waals surface area contributed by atoms with E-state index in [1.54, 1.807) is 13.1 Å². The molecule has 0 bridgehead atoms. The van der Waals surface area contributed by atoms with Gasteiger partial charge in [0, 0.05) is 52.6 Å². The zero-order valence-electron chi connectivity index (χ0n) is 18.8. The molecule has 2 rings (SSSR count). The number of nitrogens with zero attached hydrogens (tertiary/aromatic N) is 3. The Morgan fingerprint density at radius 3 is 2.33 bits per heavy atom. The number of unbranched alkanes of at least 4 members (excludes halogenated alkanes) is 1. The molecule has 1 heterocycles. The van der Waals surface area contributed by atoms with E-state index in [0.717, 1.165) is 43.1 Å². The maximum atomic E-state index is 11.7. The van der Waals surface area contributed by atoms with Crippen LogP contribution in [-0.4, -0.2) is 83.3 Å². The normalized spacial score (nSPS) is 16.2. The lowest BCUT2D eigenvalue weighted by Crippen LogP contribution is -2.46. The first-order chi connectivity index (χ1) is 13.8. The van der Waals surface area contributed by atoms with Crippen molar-refractivity contribution < 1.29 is 8.42 Å². The summed E-state index contributed by atoms with van der Waals surface area (Å²) in [5.41, 5.74) is 1.80. The summed E-state index contributed by atoms with van der Waals surface area (Å²) in [5.74, 6) is 0.770. The van der Waals surface area contributed by atoms with Crippen molar-refractivity contribution in [3.63, 3.8) is 0 Å². The standard InChI is InChI=1S/C21H37N5O2S.HI/c1-5-25-12-14-26(15-13-25)11-7-6-10-23-21(22-3)24-17-19-8-9-20(18(2)16-19)29(4,27)28;/h8-9,16H,5-7,10-15,17H2,1-4H3,(H2,22,23,24);1H. The first kappa shape index (κ1) is 27.1. The van der Waals surface area contributed by atoms with Crippen molar-refractivity contribution in [2.24, 2.45) is 4.99 Å². The molecule has 7 nitrogen and oxygen atoms in total. The summed E-state index contributed by atoms with van der Waals surface area (Å²) in [6, 6.07) is 5.44. The molecule has 0 aromatic heterocycles. The van der Waals surface area contributed by atoms with E-state index in [4.69, 9.17) is 0 Å². The van der Waals surface area contributed by atoms with Gasteiger partial charge in [0.05, 0.1) is 4.90 Å². The predicted octanol–water partition coefficient (Wildman–Crippen LogP) is 2.10. The molecule has 0 saturated carbocycles. The lowest BCUT2D eigenvalue weighted by molar-refractivity contribution is 0.136. The Morgan fingerprint density at radius 2 is 1.77 bits per heavy atom. The number of halogens is 1. The summed E-state index contributed by atoms with van der Waals surface area (Å²) in [6.07, 6.45) is 3.53. The van der Waals surface area contributed by atoms with E-state index in [1.165, 1.54) is 38.9 Å². The number of benzene rings is 1. The maximum absolute atomic E-state index is 11.7. The quantitative estimate of drug-likeness (QED) is 0.212. The second kappa shape index (κ2) is 13.5. The Balaban J connectivity index is 0.00000450. The number of sulfone groups is 1. The van der Waals surface area contributed by atoms with E-state index in [1.807, 2.05) is 19.1 Å². The molecule has 2 N–H and O–H groups in total. The van der Waals surface area contributed by atoms with Gasteiger partial charge in [-0.2, -0.15) is 0 Å². The molecular weight excluding hydrogens is 513 g/mol. The average Bonchev–Trinajstić information content (AvgIpc) is 2.69. The molecule has 0 spiro atoms. The maximum Gasteiger partial charge on any atom is 0.191 e. The number of guanidine groups is 1. The molecule has 1 aliphatic heterocycles. The molecule has 0 aliphatic carbocycles. The van der Waals surface area contributed by atoms with Gasteiger partial charge in [0.15, 0.2) is 15.8 Å². The van der Waals surface area contributed by atoms with Crippen LogP contribution in [0.1, 0.15) is 30.9 Å². The number of nitrogens with one attached hydrogen (secondary N) is 2. The van der Waals surface area contributed by atoms with Crippen LogP contribution in [0.2, 0.25) is 0 Å². The van der Waals surface area contributed by atoms with Crippen molar-refractivity contribution in [2.75, 3.05) is 59.1 Å². The van der Waals surface area contributed by atoms with E-state index in [2.05, 4.69) is 32.3 Å². The summed E-state index contributed by atoms with van der Waals surface area (Å²) < 4.78 is 23.5. The van der Waals surface area contributed by atoms with E-state index in [9.17, 15) is 8.42 Å². The zero-order chi connectivity index (χ0) is 21.3. The number of hydrogen-bond donors (Lipinski definition) is 2. The highest BCUT2D eigenvalue weighted by molar-refractivity contribution is 14.0. The smallest absolute Gasteiger partial charge is 0.191 e. The van der Waals surface area contributed by atoms with E-state index >= 15 is 0 Å². The van der Waals surface area contributed by atoms with Crippen LogP contribution in [0.3, 0.4) is 0 Å².